The number of nitrogens with one attached hydrogen (secondary N) is 2. The standard InChI is InChI=1S/C16H11ClFN5O2/c17-11-5-9(1-3-12(11)18)20-15-7-19-23-16(22-15)21-10-2-4-13-14(6-10)25-8-24-13/h1-7H,8H2,(H2,20,21,22,23). The van der Waals surface area contributed by atoms with E-state index in [0.717, 1.165) is 5.69 Å². The van der Waals surface area contributed by atoms with Gasteiger partial charge >= 0.3 is 0 Å². The normalized spacial score (nSPS) is 12.1. The van der Waals surface area contributed by atoms with Crippen molar-refractivity contribution in [1.82, 2.24) is 15.2 Å². The largest absolute Gasteiger partial charge is 0.454 e. The van der Waals surface area contributed by atoms with E-state index in [1.54, 1.807) is 18.2 Å². The second-order valence-electron chi connectivity index (χ2n) is 5.11. The van der Waals surface area contributed by atoms with Crippen LogP contribution in [-0.2, 0) is 0 Å². The molecule has 0 aliphatic carbocycles. The Morgan fingerprint density at radius 1 is 1.00 bits per heavy atom. The molecule has 1 aliphatic rings. The molecule has 25 heavy (non-hydrogen) atoms. The molecule has 0 saturated carbocycles. The molecule has 0 radical (unpaired) electrons. The van der Waals surface area contributed by atoms with Gasteiger partial charge < -0.3 is 20.1 Å². The number of benzene rings is 2. The summed E-state index contributed by atoms with van der Waals surface area (Å²) in [7, 11) is 0. The molecule has 0 amide bonds. The van der Waals surface area contributed by atoms with Crippen molar-refractivity contribution in [3.63, 3.8) is 0 Å². The van der Waals surface area contributed by atoms with E-state index in [4.69, 9.17) is 21.1 Å². The molecular weight excluding hydrogens is 349 g/mol. The third-order valence-electron chi connectivity index (χ3n) is 3.38. The highest BCUT2D eigenvalue weighted by Crippen LogP contribution is 2.34. The smallest absolute Gasteiger partial charge is 0.249 e. The van der Waals surface area contributed by atoms with Gasteiger partial charge in [0, 0.05) is 17.4 Å². The molecule has 7 nitrogen and oxygen atoms in total. The summed E-state index contributed by atoms with van der Waals surface area (Å²) in [6.45, 7) is 0.205. The fourth-order valence-electron chi connectivity index (χ4n) is 2.24. The van der Waals surface area contributed by atoms with Gasteiger partial charge in [0.2, 0.25) is 12.7 Å². The Balaban J connectivity index is 1.52. The number of aromatic nitrogens is 3. The Labute approximate surface area is 146 Å². The summed E-state index contributed by atoms with van der Waals surface area (Å²) in [5.74, 6) is 1.57. The highest BCUT2D eigenvalue weighted by atomic mass is 35.5. The van der Waals surface area contributed by atoms with Crippen LogP contribution in [0.25, 0.3) is 0 Å². The maximum absolute atomic E-state index is 13.2. The van der Waals surface area contributed by atoms with Crippen LogP contribution in [0.15, 0.2) is 42.6 Å². The molecular formula is C16H11ClFN5O2. The Bertz CT molecular complexity index is 940. The molecule has 0 saturated heterocycles. The number of rotatable bonds is 4. The summed E-state index contributed by atoms with van der Waals surface area (Å²) in [5, 5.41) is 13.9. The van der Waals surface area contributed by atoms with Crippen LogP contribution in [0.1, 0.15) is 0 Å². The molecule has 9 heteroatoms. The molecule has 0 spiro atoms. The van der Waals surface area contributed by atoms with Crippen molar-refractivity contribution >= 4 is 34.7 Å². The summed E-state index contributed by atoms with van der Waals surface area (Å²) < 4.78 is 23.8. The zero-order valence-corrected chi connectivity index (χ0v) is 13.4. The molecule has 0 bridgehead atoms. The lowest BCUT2D eigenvalue weighted by Crippen LogP contribution is -2.02. The first kappa shape index (κ1) is 15.4. The van der Waals surface area contributed by atoms with Crippen LogP contribution in [0.3, 0.4) is 0 Å². The maximum atomic E-state index is 13.2. The van der Waals surface area contributed by atoms with E-state index in [0.29, 0.717) is 23.0 Å². The summed E-state index contributed by atoms with van der Waals surface area (Å²) >= 11 is 5.77. The zero-order chi connectivity index (χ0) is 17.2. The lowest BCUT2D eigenvalue weighted by atomic mass is 10.3. The van der Waals surface area contributed by atoms with E-state index in [2.05, 4.69) is 25.8 Å². The van der Waals surface area contributed by atoms with Crippen LogP contribution in [0, 0.1) is 5.82 Å². The van der Waals surface area contributed by atoms with E-state index in [1.165, 1.54) is 18.3 Å². The first-order valence-electron chi connectivity index (χ1n) is 7.26. The van der Waals surface area contributed by atoms with Crippen LogP contribution < -0.4 is 20.1 Å². The molecule has 2 N–H and O–H groups in total. The molecule has 3 aromatic rings. The first-order valence-corrected chi connectivity index (χ1v) is 7.64. The van der Waals surface area contributed by atoms with Crippen molar-refractivity contribution in [2.45, 2.75) is 0 Å². The van der Waals surface area contributed by atoms with Gasteiger partial charge in [-0.05, 0) is 30.3 Å². The van der Waals surface area contributed by atoms with Gasteiger partial charge in [0.25, 0.3) is 0 Å². The Kier molecular flexibility index (Phi) is 3.95. The van der Waals surface area contributed by atoms with Gasteiger partial charge in [0.1, 0.15) is 5.82 Å². The fourth-order valence-corrected chi connectivity index (χ4v) is 2.42. The molecule has 2 aromatic carbocycles. The second kappa shape index (κ2) is 6.40. The fraction of sp³-hybridized carbons (Fsp3) is 0.0625. The minimum atomic E-state index is -0.488. The predicted octanol–water partition coefficient (Wildman–Crippen LogP) is 3.88. The Morgan fingerprint density at radius 3 is 2.68 bits per heavy atom. The average Bonchev–Trinajstić information content (AvgIpc) is 3.06. The molecule has 2 heterocycles. The molecule has 1 aromatic heterocycles. The van der Waals surface area contributed by atoms with Gasteiger partial charge in [-0.15, -0.1) is 5.10 Å². The Hall–Kier alpha value is -3.13. The summed E-state index contributed by atoms with van der Waals surface area (Å²) in [4.78, 5) is 4.30. The molecule has 0 unspecified atom stereocenters. The maximum Gasteiger partial charge on any atom is 0.249 e. The zero-order valence-electron chi connectivity index (χ0n) is 12.7. The third-order valence-corrected chi connectivity index (χ3v) is 3.67. The minimum absolute atomic E-state index is 0.0192. The van der Waals surface area contributed by atoms with Crippen molar-refractivity contribution in [1.29, 1.82) is 0 Å². The molecule has 4 rings (SSSR count). The van der Waals surface area contributed by atoms with Crippen molar-refractivity contribution in [2.24, 2.45) is 0 Å². The average molecular weight is 360 g/mol. The number of hydrogen-bond acceptors (Lipinski definition) is 7. The molecule has 0 fully saturated rings. The lowest BCUT2D eigenvalue weighted by molar-refractivity contribution is 0.174. The summed E-state index contributed by atoms with van der Waals surface area (Å²) in [5.41, 5.74) is 1.31. The van der Waals surface area contributed by atoms with Crippen LogP contribution >= 0.6 is 11.6 Å². The van der Waals surface area contributed by atoms with E-state index < -0.39 is 5.82 Å². The summed E-state index contributed by atoms with van der Waals surface area (Å²) in [6.07, 6.45) is 1.45. The number of anilines is 4. The van der Waals surface area contributed by atoms with Crippen LogP contribution in [0.4, 0.5) is 27.5 Å². The number of hydrogen-bond donors (Lipinski definition) is 2. The SMILES string of the molecule is Fc1ccc(Nc2cnnc(Nc3ccc4c(c3)OCO4)n2)cc1Cl. The first-order chi connectivity index (χ1) is 12.2. The van der Waals surface area contributed by atoms with Gasteiger partial charge in [0.15, 0.2) is 17.3 Å². The number of halogens is 2. The molecule has 0 atom stereocenters. The van der Waals surface area contributed by atoms with E-state index in [9.17, 15) is 4.39 Å². The molecule has 1 aliphatic heterocycles. The van der Waals surface area contributed by atoms with Gasteiger partial charge in [-0.1, -0.05) is 11.6 Å². The van der Waals surface area contributed by atoms with E-state index >= 15 is 0 Å². The topological polar surface area (TPSA) is 81.2 Å². The summed E-state index contributed by atoms with van der Waals surface area (Å²) in [6, 6.07) is 9.67. The quantitative estimate of drug-likeness (QED) is 0.731. The number of ether oxygens (including phenoxy) is 2. The van der Waals surface area contributed by atoms with Gasteiger partial charge in [-0.2, -0.15) is 10.1 Å². The molecule has 126 valence electrons. The monoisotopic (exact) mass is 359 g/mol. The van der Waals surface area contributed by atoms with Crippen LogP contribution in [0.5, 0.6) is 11.5 Å². The highest BCUT2D eigenvalue weighted by Gasteiger charge is 2.13. The van der Waals surface area contributed by atoms with Crippen molar-refractivity contribution in [3.8, 4) is 11.5 Å². The Morgan fingerprint density at radius 2 is 1.80 bits per heavy atom. The van der Waals surface area contributed by atoms with E-state index in [1.807, 2.05) is 6.07 Å². The van der Waals surface area contributed by atoms with Gasteiger partial charge in [-0.25, -0.2) is 4.39 Å². The van der Waals surface area contributed by atoms with E-state index in [-0.39, 0.29) is 17.8 Å². The van der Waals surface area contributed by atoms with Gasteiger partial charge in [0.05, 0.1) is 11.2 Å². The van der Waals surface area contributed by atoms with Crippen molar-refractivity contribution in [2.75, 3.05) is 17.4 Å². The van der Waals surface area contributed by atoms with Crippen molar-refractivity contribution in [3.05, 3.63) is 53.4 Å². The van der Waals surface area contributed by atoms with Gasteiger partial charge in [-0.3, -0.25) is 0 Å². The highest BCUT2D eigenvalue weighted by molar-refractivity contribution is 6.31. The second-order valence-corrected chi connectivity index (χ2v) is 5.52. The van der Waals surface area contributed by atoms with Crippen LogP contribution in [0.2, 0.25) is 5.02 Å². The third kappa shape index (κ3) is 3.38. The minimum Gasteiger partial charge on any atom is -0.454 e. The van der Waals surface area contributed by atoms with Crippen molar-refractivity contribution < 1.29 is 13.9 Å². The predicted molar refractivity (Wildman–Crippen MR) is 90.4 cm³/mol. The lowest BCUT2D eigenvalue weighted by Gasteiger charge is -2.08. The number of fused-ring (bicyclic) bond motifs is 1. The van der Waals surface area contributed by atoms with Crippen LogP contribution in [-0.4, -0.2) is 22.0 Å². The number of nitrogens with zero attached hydrogens (tertiary/aromatic N) is 3.